The third kappa shape index (κ3) is 4.75. The average molecular weight is 463 g/mol. The van der Waals surface area contributed by atoms with Crippen molar-refractivity contribution in [3.05, 3.63) is 75.4 Å². The lowest BCUT2D eigenvalue weighted by molar-refractivity contribution is -0.121. The van der Waals surface area contributed by atoms with Crippen LogP contribution in [0.1, 0.15) is 20.3 Å². The zero-order chi connectivity index (χ0) is 24.2. The van der Waals surface area contributed by atoms with Gasteiger partial charge in [-0.05, 0) is 30.2 Å². The maximum Gasteiger partial charge on any atom is 0.352 e. The lowest BCUT2D eigenvalue weighted by atomic mass is 10.2. The molecule has 0 spiro atoms. The van der Waals surface area contributed by atoms with E-state index in [-0.39, 0.29) is 36.8 Å². The molecule has 0 saturated carbocycles. The van der Waals surface area contributed by atoms with Crippen LogP contribution in [0.15, 0.2) is 64.2 Å². The molecule has 2 N–H and O–H groups in total. The summed E-state index contributed by atoms with van der Waals surface area (Å²) in [5.74, 6) is -0.243. The number of aromatic nitrogens is 4. The van der Waals surface area contributed by atoms with Crippen LogP contribution in [-0.4, -0.2) is 37.1 Å². The summed E-state index contributed by atoms with van der Waals surface area (Å²) in [7, 11) is 0. The van der Waals surface area contributed by atoms with E-state index in [1.807, 2.05) is 19.9 Å². The third-order valence-corrected chi connectivity index (χ3v) is 5.31. The highest BCUT2D eigenvalue weighted by Crippen LogP contribution is 2.11. The van der Waals surface area contributed by atoms with Gasteiger partial charge in [-0.3, -0.25) is 19.0 Å². The van der Waals surface area contributed by atoms with Gasteiger partial charge in [0.2, 0.25) is 17.6 Å². The fraction of sp³-hybridized carbons (Fsp3) is 0.292. The molecular weight excluding hydrogens is 436 g/mol. The van der Waals surface area contributed by atoms with Crippen molar-refractivity contribution in [2.45, 2.75) is 33.4 Å². The number of anilines is 1. The average Bonchev–Trinajstić information content (AvgIpc) is 3.13. The Morgan fingerprint density at radius 2 is 1.68 bits per heavy atom. The van der Waals surface area contributed by atoms with Crippen molar-refractivity contribution in [1.29, 1.82) is 0 Å². The lowest BCUT2D eigenvalue weighted by Gasteiger charge is -2.10. The van der Waals surface area contributed by atoms with E-state index in [0.29, 0.717) is 29.1 Å². The van der Waals surface area contributed by atoms with Crippen molar-refractivity contribution in [3.8, 4) is 0 Å². The molecule has 2 aromatic carbocycles. The summed E-state index contributed by atoms with van der Waals surface area (Å²) in [6.07, 6.45) is 0.0518. The second kappa shape index (κ2) is 9.74. The Hall–Kier alpha value is -4.21. The molecule has 0 atom stereocenters. The molecule has 2 aromatic heterocycles. The normalized spacial score (nSPS) is 11.3. The van der Waals surface area contributed by atoms with Crippen molar-refractivity contribution in [2.24, 2.45) is 5.92 Å². The third-order valence-electron chi connectivity index (χ3n) is 5.31. The Kier molecular flexibility index (Phi) is 6.58. The van der Waals surface area contributed by atoms with E-state index in [9.17, 15) is 19.2 Å². The first-order chi connectivity index (χ1) is 16.3. The molecule has 0 bridgehead atoms. The second-order valence-corrected chi connectivity index (χ2v) is 8.41. The van der Waals surface area contributed by atoms with Crippen LogP contribution in [0.2, 0.25) is 0 Å². The molecule has 0 radical (unpaired) electrons. The molecule has 2 amide bonds. The van der Waals surface area contributed by atoms with E-state index < -0.39 is 11.6 Å². The van der Waals surface area contributed by atoms with E-state index in [1.165, 1.54) is 8.97 Å². The van der Waals surface area contributed by atoms with Gasteiger partial charge in [-0.2, -0.15) is 0 Å². The minimum Gasteiger partial charge on any atom is -0.356 e. The Bertz CT molecular complexity index is 1470. The topological polar surface area (TPSA) is 120 Å². The summed E-state index contributed by atoms with van der Waals surface area (Å²) in [5, 5.41) is 10.2. The van der Waals surface area contributed by atoms with Gasteiger partial charge in [-0.15, -0.1) is 5.10 Å². The van der Waals surface area contributed by atoms with E-state index in [2.05, 4.69) is 15.7 Å². The fourth-order valence-electron chi connectivity index (χ4n) is 3.65. The van der Waals surface area contributed by atoms with Crippen LogP contribution in [0.4, 0.5) is 5.69 Å². The quantitative estimate of drug-likeness (QED) is 0.412. The number of para-hydroxylation sites is 2. The molecule has 176 valence electrons. The number of benzene rings is 2. The summed E-state index contributed by atoms with van der Waals surface area (Å²) in [6.45, 7) is 4.23. The van der Waals surface area contributed by atoms with Crippen LogP contribution in [-0.2, 0) is 22.7 Å². The minimum atomic E-state index is -0.549. The Balaban J connectivity index is 1.71. The molecule has 0 aliphatic carbocycles. The van der Waals surface area contributed by atoms with Gasteiger partial charge in [0, 0.05) is 25.2 Å². The van der Waals surface area contributed by atoms with Crippen LogP contribution in [0.5, 0.6) is 0 Å². The summed E-state index contributed by atoms with van der Waals surface area (Å²) in [6, 6.07) is 15.6. The highest BCUT2D eigenvalue weighted by molar-refractivity contribution is 5.90. The number of hydrogen-bond acceptors (Lipinski definition) is 5. The van der Waals surface area contributed by atoms with Gasteiger partial charge in [-0.1, -0.05) is 44.2 Å². The van der Waals surface area contributed by atoms with Crippen LogP contribution in [0.25, 0.3) is 16.7 Å². The Morgan fingerprint density at radius 3 is 2.41 bits per heavy atom. The first-order valence-corrected chi connectivity index (χ1v) is 11.1. The molecule has 10 heteroatoms. The minimum absolute atomic E-state index is 0.0454. The van der Waals surface area contributed by atoms with Gasteiger partial charge in [0.25, 0.3) is 5.56 Å². The Labute approximate surface area is 194 Å². The zero-order valence-electron chi connectivity index (χ0n) is 19.0. The highest BCUT2D eigenvalue weighted by atomic mass is 16.2. The Morgan fingerprint density at radius 1 is 0.971 bits per heavy atom. The molecule has 10 nitrogen and oxygen atoms in total. The number of fused-ring (bicyclic) bond motifs is 3. The highest BCUT2D eigenvalue weighted by Gasteiger charge is 2.19. The first-order valence-electron chi connectivity index (χ1n) is 11.1. The van der Waals surface area contributed by atoms with Crippen molar-refractivity contribution >= 4 is 34.2 Å². The molecule has 0 unspecified atom stereocenters. The van der Waals surface area contributed by atoms with Gasteiger partial charge in [0.1, 0.15) is 6.54 Å². The SMILES string of the molecule is CC(C)CNC(=O)CCn1c(=O)c2ccccc2n2c(=O)n(CC(=O)Nc3ccccc3)nc12. The van der Waals surface area contributed by atoms with E-state index in [0.717, 1.165) is 4.68 Å². The predicted octanol–water partition coefficient (Wildman–Crippen LogP) is 1.61. The smallest absolute Gasteiger partial charge is 0.352 e. The summed E-state index contributed by atoms with van der Waals surface area (Å²) < 4.78 is 3.64. The van der Waals surface area contributed by atoms with Gasteiger partial charge in [0.15, 0.2) is 0 Å². The number of hydrogen-bond donors (Lipinski definition) is 2. The maximum absolute atomic E-state index is 13.2. The van der Waals surface area contributed by atoms with Crippen molar-refractivity contribution in [2.75, 3.05) is 11.9 Å². The molecule has 0 saturated heterocycles. The van der Waals surface area contributed by atoms with Crippen LogP contribution >= 0.6 is 0 Å². The van der Waals surface area contributed by atoms with E-state index >= 15 is 0 Å². The molecular formula is C24H26N6O4. The maximum atomic E-state index is 13.2. The fourth-order valence-corrected chi connectivity index (χ4v) is 3.65. The van der Waals surface area contributed by atoms with Gasteiger partial charge in [0.05, 0.1) is 10.9 Å². The number of carbonyl (C=O) groups excluding carboxylic acids is 2. The van der Waals surface area contributed by atoms with Gasteiger partial charge in [-0.25, -0.2) is 13.9 Å². The number of aryl methyl sites for hydroxylation is 1. The summed E-state index contributed by atoms with van der Waals surface area (Å²) >= 11 is 0. The monoisotopic (exact) mass is 462 g/mol. The number of nitrogens with zero attached hydrogens (tertiary/aromatic N) is 4. The van der Waals surface area contributed by atoms with Crippen LogP contribution in [0.3, 0.4) is 0 Å². The molecule has 0 fully saturated rings. The standard InChI is InChI=1S/C24H26N6O4/c1-16(2)14-25-20(31)12-13-28-22(33)18-10-6-7-11-19(18)30-23(28)27-29(24(30)34)15-21(32)26-17-8-4-3-5-9-17/h3-11,16H,12-15H2,1-2H3,(H,25,31)(H,26,32). The van der Waals surface area contributed by atoms with Crippen LogP contribution < -0.4 is 21.9 Å². The molecule has 34 heavy (non-hydrogen) atoms. The van der Waals surface area contributed by atoms with E-state index in [1.54, 1.807) is 48.5 Å². The molecule has 0 aliphatic rings. The second-order valence-electron chi connectivity index (χ2n) is 8.41. The molecule has 0 aliphatic heterocycles. The van der Waals surface area contributed by atoms with Crippen molar-refractivity contribution < 1.29 is 9.59 Å². The van der Waals surface area contributed by atoms with Crippen molar-refractivity contribution in [3.63, 3.8) is 0 Å². The largest absolute Gasteiger partial charge is 0.356 e. The zero-order valence-corrected chi connectivity index (χ0v) is 19.0. The molecule has 4 rings (SSSR count). The lowest BCUT2D eigenvalue weighted by Crippen LogP contribution is -2.31. The molecule has 4 aromatic rings. The number of amides is 2. The first kappa shape index (κ1) is 23.0. The summed E-state index contributed by atoms with van der Waals surface area (Å²) in [5.41, 5.74) is 0.0832. The summed E-state index contributed by atoms with van der Waals surface area (Å²) in [4.78, 5) is 51.2. The van der Waals surface area contributed by atoms with E-state index in [4.69, 9.17) is 0 Å². The number of rotatable bonds is 8. The van der Waals surface area contributed by atoms with Crippen molar-refractivity contribution in [1.82, 2.24) is 24.1 Å². The predicted molar refractivity (Wildman–Crippen MR) is 129 cm³/mol. The molecule has 2 heterocycles. The van der Waals surface area contributed by atoms with Gasteiger partial charge < -0.3 is 10.6 Å². The van der Waals surface area contributed by atoms with Gasteiger partial charge >= 0.3 is 5.69 Å². The van der Waals surface area contributed by atoms with Crippen LogP contribution in [0, 0.1) is 5.92 Å². The number of nitrogens with one attached hydrogen (secondary N) is 2. The number of carbonyl (C=O) groups is 2.